The third-order valence-electron chi connectivity index (χ3n) is 4.10. The van der Waals surface area contributed by atoms with Gasteiger partial charge in [0.05, 0.1) is 0 Å². The van der Waals surface area contributed by atoms with Crippen molar-refractivity contribution in [2.24, 2.45) is 23.3 Å². The minimum Gasteiger partial charge on any atom is -0.368 e. The molecule has 0 radical (unpaired) electrons. The Morgan fingerprint density at radius 3 is 1.68 bits per heavy atom. The molecule has 7 N–H and O–H groups in total. The molecule has 0 unspecified atom stereocenters. The van der Waals surface area contributed by atoms with Gasteiger partial charge in [-0.15, -0.1) is 0 Å². The molecule has 0 aliphatic carbocycles. The Hall–Kier alpha value is -2.16. The van der Waals surface area contributed by atoms with Crippen molar-refractivity contribution in [2.45, 2.75) is 78.4 Å². The predicted molar refractivity (Wildman–Crippen MR) is 108 cm³/mol. The molecular formula is C19H37N5O4. The van der Waals surface area contributed by atoms with Gasteiger partial charge in [0.2, 0.25) is 23.6 Å². The molecule has 0 fully saturated rings. The number of hydrogen-bond donors (Lipinski definition) is 5. The second-order valence-corrected chi connectivity index (χ2v) is 7.97. The van der Waals surface area contributed by atoms with Crippen LogP contribution in [-0.2, 0) is 19.2 Å². The molecule has 0 aromatic heterocycles. The predicted octanol–water partition coefficient (Wildman–Crippen LogP) is -0.223. The standard InChI is InChI=1S/C19H37N5O4/c1-11(2)9-15(17(21)26)24-18(27)14(7-6-8-20)23-19(28)16(10-12(3)4)22-13(5)25/h11-12,14-16H,6-10,20H2,1-5H3,(H2,21,26)(H,22,25)(H,23,28)(H,24,27)/t14-,15-,16-/m0/s1. The number of carbonyl (C=O) groups is 4. The fourth-order valence-corrected chi connectivity index (χ4v) is 2.80. The Kier molecular flexibility index (Phi) is 12.1. The van der Waals surface area contributed by atoms with Gasteiger partial charge in [0.1, 0.15) is 18.1 Å². The average molecular weight is 400 g/mol. The van der Waals surface area contributed by atoms with Crippen LogP contribution in [0.15, 0.2) is 0 Å². The Morgan fingerprint density at radius 1 is 0.786 bits per heavy atom. The molecule has 0 spiro atoms. The van der Waals surface area contributed by atoms with Gasteiger partial charge in [-0.05, 0) is 44.1 Å². The van der Waals surface area contributed by atoms with Crippen molar-refractivity contribution in [1.29, 1.82) is 0 Å². The van der Waals surface area contributed by atoms with E-state index < -0.39 is 35.8 Å². The van der Waals surface area contributed by atoms with E-state index in [9.17, 15) is 19.2 Å². The molecule has 162 valence electrons. The molecule has 9 nitrogen and oxygen atoms in total. The second kappa shape index (κ2) is 13.1. The van der Waals surface area contributed by atoms with Gasteiger partial charge in [0.25, 0.3) is 0 Å². The number of amides is 4. The molecule has 0 saturated carbocycles. The number of nitrogens with two attached hydrogens (primary N) is 2. The SMILES string of the molecule is CC(=O)N[C@@H](CC(C)C)C(=O)N[C@@H](CCCN)C(=O)N[C@@H](CC(C)C)C(N)=O. The summed E-state index contributed by atoms with van der Waals surface area (Å²) in [6.07, 6.45) is 1.67. The maximum atomic E-state index is 12.7. The highest BCUT2D eigenvalue weighted by Gasteiger charge is 2.29. The van der Waals surface area contributed by atoms with Crippen LogP contribution in [0.5, 0.6) is 0 Å². The van der Waals surface area contributed by atoms with Crippen LogP contribution in [0.3, 0.4) is 0 Å². The molecule has 3 atom stereocenters. The minimum atomic E-state index is -0.867. The molecule has 0 aliphatic rings. The fraction of sp³-hybridized carbons (Fsp3) is 0.789. The van der Waals surface area contributed by atoms with E-state index in [1.807, 2.05) is 27.7 Å². The summed E-state index contributed by atoms with van der Waals surface area (Å²) in [5.74, 6) is -1.55. The van der Waals surface area contributed by atoms with Gasteiger partial charge >= 0.3 is 0 Å². The van der Waals surface area contributed by atoms with E-state index in [-0.39, 0.29) is 17.7 Å². The highest BCUT2D eigenvalue weighted by Crippen LogP contribution is 2.08. The number of nitrogens with one attached hydrogen (secondary N) is 3. The van der Waals surface area contributed by atoms with E-state index in [0.717, 1.165) is 0 Å². The number of primary amides is 1. The minimum absolute atomic E-state index is 0.157. The first-order valence-electron chi connectivity index (χ1n) is 9.85. The zero-order chi connectivity index (χ0) is 21.9. The van der Waals surface area contributed by atoms with Crippen LogP contribution in [0.2, 0.25) is 0 Å². The van der Waals surface area contributed by atoms with Crippen LogP contribution in [0.25, 0.3) is 0 Å². The third kappa shape index (κ3) is 10.9. The van der Waals surface area contributed by atoms with Gasteiger partial charge in [-0.1, -0.05) is 27.7 Å². The zero-order valence-electron chi connectivity index (χ0n) is 17.7. The fourth-order valence-electron chi connectivity index (χ4n) is 2.80. The number of rotatable bonds is 13. The van der Waals surface area contributed by atoms with Crippen LogP contribution >= 0.6 is 0 Å². The van der Waals surface area contributed by atoms with Gasteiger partial charge in [-0.3, -0.25) is 19.2 Å². The molecule has 28 heavy (non-hydrogen) atoms. The lowest BCUT2D eigenvalue weighted by Crippen LogP contribution is -2.56. The third-order valence-corrected chi connectivity index (χ3v) is 4.10. The molecule has 0 aliphatic heterocycles. The lowest BCUT2D eigenvalue weighted by atomic mass is 10.0. The van der Waals surface area contributed by atoms with E-state index in [1.165, 1.54) is 6.92 Å². The summed E-state index contributed by atoms with van der Waals surface area (Å²) in [6.45, 7) is 9.39. The summed E-state index contributed by atoms with van der Waals surface area (Å²) in [7, 11) is 0. The zero-order valence-corrected chi connectivity index (χ0v) is 17.7. The van der Waals surface area contributed by atoms with E-state index >= 15 is 0 Å². The lowest BCUT2D eigenvalue weighted by molar-refractivity contribution is -0.133. The number of carbonyl (C=O) groups excluding carboxylic acids is 4. The molecule has 0 aromatic rings. The first-order chi connectivity index (χ1) is 13.0. The molecule has 0 heterocycles. The summed E-state index contributed by atoms with van der Waals surface area (Å²) < 4.78 is 0. The summed E-state index contributed by atoms with van der Waals surface area (Å²) in [4.78, 5) is 48.4. The highest BCUT2D eigenvalue weighted by molar-refractivity contribution is 5.93. The van der Waals surface area contributed by atoms with E-state index in [4.69, 9.17) is 11.5 Å². The van der Waals surface area contributed by atoms with Crippen molar-refractivity contribution < 1.29 is 19.2 Å². The molecule has 4 amide bonds. The topological polar surface area (TPSA) is 156 Å². The van der Waals surface area contributed by atoms with E-state index in [1.54, 1.807) is 0 Å². The van der Waals surface area contributed by atoms with E-state index in [2.05, 4.69) is 16.0 Å². The van der Waals surface area contributed by atoms with Crippen molar-refractivity contribution in [2.75, 3.05) is 6.54 Å². The second-order valence-electron chi connectivity index (χ2n) is 7.97. The quantitative estimate of drug-likeness (QED) is 0.289. The summed E-state index contributed by atoms with van der Waals surface area (Å²) >= 11 is 0. The maximum absolute atomic E-state index is 12.7. The van der Waals surface area contributed by atoms with Gasteiger partial charge in [-0.2, -0.15) is 0 Å². The smallest absolute Gasteiger partial charge is 0.243 e. The van der Waals surface area contributed by atoms with Crippen molar-refractivity contribution >= 4 is 23.6 Å². The van der Waals surface area contributed by atoms with Gasteiger partial charge in [0, 0.05) is 6.92 Å². The molecule has 0 bridgehead atoms. The lowest BCUT2D eigenvalue weighted by Gasteiger charge is -2.25. The van der Waals surface area contributed by atoms with Crippen LogP contribution in [0, 0.1) is 11.8 Å². The first-order valence-corrected chi connectivity index (χ1v) is 9.85. The summed E-state index contributed by atoms with van der Waals surface area (Å²) in [6, 6.07) is -2.42. The molecule has 0 rings (SSSR count). The Labute approximate surface area is 167 Å². The molecule has 0 aromatic carbocycles. The maximum Gasteiger partial charge on any atom is 0.243 e. The summed E-state index contributed by atoms with van der Waals surface area (Å²) in [5, 5.41) is 7.93. The van der Waals surface area contributed by atoms with Crippen LogP contribution < -0.4 is 27.4 Å². The summed E-state index contributed by atoms with van der Waals surface area (Å²) in [5.41, 5.74) is 10.9. The first kappa shape index (κ1) is 25.8. The average Bonchev–Trinajstić information content (AvgIpc) is 2.55. The van der Waals surface area contributed by atoms with Crippen LogP contribution in [0.1, 0.15) is 60.3 Å². The van der Waals surface area contributed by atoms with Crippen molar-refractivity contribution in [3.8, 4) is 0 Å². The molecular weight excluding hydrogens is 362 g/mol. The Bertz CT molecular complexity index is 536. The van der Waals surface area contributed by atoms with Crippen molar-refractivity contribution in [3.63, 3.8) is 0 Å². The Morgan fingerprint density at radius 2 is 1.25 bits per heavy atom. The molecule has 0 saturated heterocycles. The molecule has 9 heteroatoms. The van der Waals surface area contributed by atoms with Gasteiger partial charge in [-0.25, -0.2) is 0 Å². The van der Waals surface area contributed by atoms with Crippen LogP contribution in [0.4, 0.5) is 0 Å². The Balaban J connectivity index is 5.25. The normalized spacial score (nSPS) is 14.3. The number of hydrogen-bond acceptors (Lipinski definition) is 5. The van der Waals surface area contributed by atoms with Crippen LogP contribution in [-0.4, -0.2) is 48.3 Å². The largest absolute Gasteiger partial charge is 0.368 e. The highest BCUT2D eigenvalue weighted by atomic mass is 16.2. The van der Waals surface area contributed by atoms with Gasteiger partial charge < -0.3 is 27.4 Å². The van der Waals surface area contributed by atoms with E-state index in [0.29, 0.717) is 32.2 Å². The van der Waals surface area contributed by atoms with Crippen molar-refractivity contribution in [1.82, 2.24) is 16.0 Å². The monoisotopic (exact) mass is 399 g/mol. The van der Waals surface area contributed by atoms with Crippen molar-refractivity contribution in [3.05, 3.63) is 0 Å². The van der Waals surface area contributed by atoms with Gasteiger partial charge in [0.15, 0.2) is 0 Å².